The molecule has 1 rings (SSSR count). The minimum atomic E-state index is 0.137. The van der Waals surface area contributed by atoms with Crippen LogP contribution in [0.1, 0.15) is 45.2 Å². The summed E-state index contributed by atoms with van der Waals surface area (Å²) in [5.74, 6) is 7.04. The fraction of sp³-hybridized carbons (Fsp3) is 0.615. The van der Waals surface area contributed by atoms with E-state index >= 15 is 0 Å². The van der Waals surface area contributed by atoms with Gasteiger partial charge in [-0.05, 0) is 30.9 Å². The molecule has 0 spiro atoms. The first-order chi connectivity index (χ1) is 8.21. The maximum absolute atomic E-state index is 5.61. The summed E-state index contributed by atoms with van der Waals surface area (Å²) in [5, 5.41) is 0. The summed E-state index contributed by atoms with van der Waals surface area (Å²) >= 11 is 0. The first-order valence-corrected chi connectivity index (χ1v) is 6.25. The van der Waals surface area contributed by atoms with Crippen LogP contribution < -0.4 is 16.0 Å². The zero-order valence-electron chi connectivity index (χ0n) is 10.9. The summed E-state index contributed by atoms with van der Waals surface area (Å²) in [5.41, 5.74) is 3.94. The van der Waals surface area contributed by atoms with Gasteiger partial charge in [0.25, 0.3) is 0 Å². The van der Waals surface area contributed by atoms with Crippen molar-refractivity contribution >= 4 is 0 Å². The Morgan fingerprint density at radius 2 is 2.18 bits per heavy atom. The van der Waals surface area contributed by atoms with E-state index in [1.54, 1.807) is 6.20 Å². The molecule has 2 unspecified atom stereocenters. The Labute approximate surface area is 104 Å². The van der Waals surface area contributed by atoms with Crippen LogP contribution in [0.2, 0.25) is 0 Å². The van der Waals surface area contributed by atoms with Gasteiger partial charge in [-0.1, -0.05) is 20.3 Å². The SMILES string of the molecule is CCOc1cncc(C(CC(C)CC)NN)c1. The standard InChI is InChI=1S/C13H23N3O/c1-4-10(3)6-13(16-14)11-7-12(17-5-2)9-15-8-11/h7-10,13,16H,4-6,14H2,1-3H3. The second kappa shape index (κ2) is 7.25. The molecule has 0 saturated carbocycles. The zero-order valence-corrected chi connectivity index (χ0v) is 10.9. The lowest BCUT2D eigenvalue weighted by Crippen LogP contribution is -2.29. The van der Waals surface area contributed by atoms with Gasteiger partial charge in [0.1, 0.15) is 5.75 Å². The van der Waals surface area contributed by atoms with Crippen LogP contribution in [0.25, 0.3) is 0 Å². The molecule has 0 saturated heterocycles. The van der Waals surface area contributed by atoms with Gasteiger partial charge in [0.2, 0.25) is 0 Å². The van der Waals surface area contributed by atoms with Crippen LogP contribution in [0.3, 0.4) is 0 Å². The van der Waals surface area contributed by atoms with E-state index in [2.05, 4.69) is 24.3 Å². The third-order valence-electron chi connectivity index (χ3n) is 2.98. The van der Waals surface area contributed by atoms with E-state index < -0.39 is 0 Å². The minimum Gasteiger partial charge on any atom is -0.492 e. The van der Waals surface area contributed by atoms with Crippen LogP contribution in [0, 0.1) is 5.92 Å². The fourth-order valence-corrected chi connectivity index (χ4v) is 1.74. The highest BCUT2D eigenvalue weighted by Crippen LogP contribution is 2.24. The number of hydrazine groups is 1. The van der Waals surface area contributed by atoms with Gasteiger partial charge in [-0.2, -0.15) is 0 Å². The highest BCUT2D eigenvalue weighted by atomic mass is 16.5. The van der Waals surface area contributed by atoms with E-state index in [9.17, 15) is 0 Å². The van der Waals surface area contributed by atoms with Crippen molar-refractivity contribution in [3.63, 3.8) is 0 Å². The molecule has 4 heteroatoms. The number of aromatic nitrogens is 1. The summed E-state index contributed by atoms with van der Waals surface area (Å²) in [6.45, 7) is 7.03. The maximum Gasteiger partial charge on any atom is 0.137 e. The van der Waals surface area contributed by atoms with Crippen molar-refractivity contribution in [3.05, 3.63) is 24.0 Å². The third-order valence-corrected chi connectivity index (χ3v) is 2.98. The Kier molecular flexibility index (Phi) is 5.94. The summed E-state index contributed by atoms with van der Waals surface area (Å²) < 4.78 is 5.44. The first-order valence-electron chi connectivity index (χ1n) is 6.25. The van der Waals surface area contributed by atoms with Crippen LogP contribution in [-0.2, 0) is 0 Å². The second-order valence-electron chi connectivity index (χ2n) is 4.36. The lowest BCUT2D eigenvalue weighted by molar-refractivity contribution is 0.336. The fourth-order valence-electron chi connectivity index (χ4n) is 1.74. The largest absolute Gasteiger partial charge is 0.492 e. The molecule has 2 atom stereocenters. The van der Waals surface area contributed by atoms with Gasteiger partial charge in [-0.3, -0.25) is 16.3 Å². The van der Waals surface area contributed by atoms with Gasteiger partial charge in [-0.25, -0.2) is 0 Å². The van der Waals surface area contributed by atoms with E-state index in [0.717, 1.165) is 24.2 Å². The predicted molar refractivity (Wildman–Crippen MR) is 69.5 cm³/mol. The molecule has 0 aliphatic heterocycles. The zero-order chi connectivity index (χ0) is 12.7. The van der Waals surface area contributed by atoms with Gasteiger partial charge in [0, 0.05) is 12.2 Å². The quantitative estimate of drug-likeness (QED) is 0.565. The summed E-state index contributed by atoms with van der Waals surface area (Å²) in [7, 11) is 0. The van der Waals surface area contributed by atoms with Crippen molar-refractivity contribution in [2.24, 2.45) is 11.8 Å². The Bertz CT molecular complexity index is 330. The number of nitrogens with zero attached hydrogens (tertiary/aromatic N) is 1. The van der Waals surface area contributed by atoms with Crippen molar-refractivity contribution in [1.29, 1.82) is 0 Å². The lowest BCUT2D eigenvalue weighted by atomic mass is 9.95. The van der Waals surface area contributed by atoms with Crippen molar-refractivity contribution in [1.82, 2.24) is 10.4 Å². The molecule has 4 nitrogen and oxygen atoms in total. The van der Waals surface area contributed by atoms with Crippen molar-refractivity contribution in [3.8, 4) is 5.75 Å². The summed E-state index contributed by atoms with van der Waals surface area (Å²) in [4.78, 5) is 4.18. The van der Waals surface area contributed by atoms with E-state index in [-0.39, 0.29) is 6.04 Å². The number of pyridine rings is 1. The lowest BCUT2D eigenvalue weighted by Gasteiger charge is -2.20. The monoisotopic (exact) mass is 237 g/mol. The van der Waals surface area contributed by atoms with Crippen LogP contribution in [0.5, 0.6) is 5.75 Å². The molecule has 1 heterocycles. The molecule has 96 valence electrons. The molecule has 0 bridgehead atoms. The van der Waals surface area contributed by atoms with E-state index in [4.69, 9.17) is 10.6 Å². The number of nitrogens with one attached hydrogen (secondary N) is 1. The van der Waals surface area contributed by atoms with Crippen LogP contribution in [0.15, 0.2) is 18.5 Å². The number of ether oxygens (including phenoxy) is 1. The van der Waals surface area contributed by atoms with Crippen LogP contribution >= 0.6 is 0 Å². The Hall–Kier alpha value is -1.13. The van der Waals surface area contributed by atoms with Crippen molar-refractivity contribution < 1.29 is 4.74 Å². The van der Waals surface area contributed by atoms with Crippen LogP contribution in [0.4, 0.5) is 0 Å². The maximum atomic E-state index is 5.61. The number of rotatable bonds is 7. The molecule has 0 radical (unpaired) electrons. The van der Waals surface area contributed by atoms with Gasteiger partial charge in [0.05, 0.1) is 12.8 Å². The highest BCUT2D eigenvalue weighted by Gasteiger charge is 2.14. The molecule has 1 aromatic rings. The molecular formula is C13H23N3O. The van der Waals surface area contributed by atoms with Gasteiger partial charge < -0.3 is 4.74 Å². The molecule has 0 aromatic carbocycles. The van der Waals surface area contributed by atoms with Crippen molar-refractivity contribution in [2.45, 2.75) is 39.7 Å². The smallest absolute Gasteiger partial charge is 0.137 e. The number of nitrogens with two attached hydrogens (primary N) is 1. The molecular weight excluding hydrogens is 214 g/mol. The average Bonchev–Trinajstić information content (AvgIpc) is 2.36. The summed E-state index contributed by atoms with van der Waals surface area (Å²) in [6.07, 6.45) is 5.72. The molecule has 0 amide bonds. The molecule has 17 heavy (non-hydrogen) atoms. The Morgan fingerprint density at radius 1 is 1.41 bits per heavy atom. The minimum absolute atomic E-state index is 0.137. The van der Waals surface area contributed by atoms with E-state index in [1.165, 1.54) is 0 Å². The second-order valence-corrected chi connectivity index (χ2v) is 4.36. The summed E-state index contributed by atoms with van der Waals surface area (Å²) in [6, 6.07) is 2.14. The van der Waals surface area contributed by atoms with Crippen molar-refractivity contribution in [2.75, 3.05) is 6.61 Å². The Balaban J connectivity index is 2.76. The van der Waals surface area contributed by atoms with Gasteiger partial charge >= 0.3 is 0 Å². The molecule has 3 N–H and O–H groups in total. The van der Waals surface area contributed by atoms with E-state index in [1.807, 2.05) is 19.2 Å². The normalized spacial score (nSPS) is 14.4. The molecule has 0 fully saturated rings. The average molecular weight is 237 g/mol. The topological polar surface area (TPSA) is 60.2 Å². The number of hydrogen-bond acceptors (Lipinski definition) is 4. The Morgan fingerprint density at radius 3 is 2.76 bits per heavy atom. The predicted octanol–water partition coefficient (Wildman–Crippen LogP) is 2.42. The van der Waals surface area contributed by atoms with E-state index in [0.29, 0.717) is 12.5 Å². The van der Waals surface area contributed by atoms with Gasteiger partial charge in [0.15, 0.2) is 0 Å². The number of hydrogen-bond donors (Lipinski definition) is 2. The first kappa shape index (κ1) is 13.9. The van der Waals surface area contributed by atoms with Crippen LogP contribution in [-0.4, -0.2) is 11.6 Å². The molecule has 1 aromatic heterocycles. The van der Waals surface area contributed by atoms with Gasteiger partial charge in [-0.15, -0.1) is 0 Å². The third kappa shape index (κ3) is 4.32. The highest BCUT2D eigenvalue weighted by molar-refractivity contribution is 5.26. The molecule has 0 aliphatic carbocycles. The molecule has 0 aliphatic rings.